The fraction of sp³-hybridized carbons (Fsp3) is 0.118. The van der Waals surface area contributed by atoms with E-state index in [0.29, 0.717) is 11.5 Å². The lowest BCUT2D eigenvalue weighted by Crippen LogP contribution is -2.00. The molecule has 0 bridgehead atoms. The minimum absolute atomic E-state index is 0.0187. The zero-order valence-electron chi connectivity index (χ0n) is 11.2. The van der Waals surface area contributed by atoms with Crippen LogP contribution < -0.4 is 0 Å². The van der Waals surface area contributed by atoms with Crippen LogP contribution in [0.5, 0.6) is 0 Å². The first-order valence-electron chi connectivity index (χ1n) is 6.56. The van der Waals surface area contributed by atoms with Gasteiger partial charge in [-0.1, -0.05) is 41.9 Å². The van der Waals surface area contributed by atoms with E-state index < -0.39 is 0 Å². The number of halogens is 1. The first-order chi connectivity index (χ1) is 10.2. The number of ketones is 1. The Morgan fingerprint density at radius 3 is 2.62 bits per heavy atom. The van der Waals surface area contributed by atoms with Crippen LogP contribution in [0.2, 0.25) is 5.02 Å². The molecule has 0 spiro atoms. The van der Waals surface area contributed by atoms with Crippen LogP contribution in [0.15, 0.2) is 59.0 Å². The number of Topliss-reactive ketones (excluding diaryl/α,β-unsaturated/α-hetero) is 1. The highest BCUT2D eigenvalue weighted by molar-refractivity contribution is 7.99. The number of hydrogen-bond acceptors (Lipinski definition) is 3. The summed E-state index contributed by atoms with van der Waals surface area (Å²) in [5.41, 5.74) is 1.91. The van der Waals surface area contributed by atoms with Crippen molar-refractivity contribution in [2.45, 2.75) is 5.75 Å². The molecule has 1 aromatic heterocycles. The molecular formula is C17H13ClO2S. The fourth-order valence-corrected chi connectivity index (χ4v) is 3.02. The summed E-state index contributed by atoms with van der Waals surface area (Å²) in [6.45, 7) is 0. The molecule has 0 unspecified atom stereocenters. The maximum absolute atomic E-state index is 12.1. The molecule has 21 heavy (non-hydrogen) atoms. The van der Waals surface area contributed by atoms with E-state index in [0.717, 1.165) is 27.3 Å². The number of carbonyl (C=O) groups is 1. The summed E-state index contributed by atoms with van der Waals surface area (Å²) in [4.78, 5) is 12.1. The number of thioether (sulfide) groups is 1. The second kappa shape index (κ2) is 6.37. The van der Waals surface area contributed by atoms with Gasteiger partial charge in [0.25, 0.3) is 0 Å². The third-order valence-corrected chi connectivity index (χ3v) is 4.37. The number of benzene rings is 2. The largest absolute Gasteiger partial charge is 0.453 e. The molecule has 2 aromatic carbocycles. The average Bonchev–Trinajstić information content (AvgIpc) is 2.93. The van der Waals surface area contributed by atoms with E-state index >= 15 is 0 Å². The number of hydrogen-bond donors (Lipinski definition) is 0. The van der Waals surface area contributed by atoms with Gasteiger partial charge in [0, 0.05) is 16.2 Å². The van der Waals surface area contributed by atoms with E-state index in [1.807, 2.05) is 48.5 Å². The van der Waals surface area contributed by atoms with Gasteiger partial charge >= 0.3 is 0 Å². The molecule has 0 aliphatic heterocycles. The Morgan fingerprint density at radius 1 is 1.10 bits per heavy atom. The molecule has 0 aliphatic carbocycles. The summed E-state index contributed by atoms with van der Waals surface area (Å²) in [6, 6.07) is 17.1. The summed E-state index contributed by atoms with van der Waals surface area (Å²) >= 11 is 7.41. The van der Waals surface area contributed by atoms with E-state index in [-0.39, 0.29) is 5.78 Å². The molecule has 0 saturated heterocycles. The van der Waals surface area contributed by atoms with E-state index in [1.54, 1.807) is 17.8 Å². The van der Waals surface area contributed by atoms with Crippen molar-refractivity contribution in [1.29, 1.82) is 0 Å². The lowest BCUT2D eigenvalue weighted by atomic mass is 10.2. The van der Waals surface area contributed by atoms with Crippen molar-refractivity contribution in [3.05, 3.63) is 70.9 Å². The Bertz CT molecular complexity index is 729. The van der Waals surface area contributed by atoms with Gasteiger partial charge in [0.2, 0.25) is 5.78 Å². The van der Waals surface area contributed by atoms with Gasteiger partial charge in [0.15, 0.2) is 5.76 Å². The van der Waals surface area contributed by atoms with E-state index in [1.165, 1.54) is 0 Å². The van der Waals surface area contributed by atoms with Crippen LogP contribution in [0, 0.1) is 0 Å². The van der Waals surface area contributed by atoms with Crippen LogP contribution in [-0.4, -0.2) is 11.5 Å². The van der Waals surface area contributed by atoms with Crippen molar-refractivity contribution in [3.8, 4) is 0 Å². The van der Waals surface area contributed by atoms with Gasteiger partial charge in [0.05, 0.1) is 5.75 Å². The van der Waals surface area contributed by atoms with Gasteiger partial charge < -0.3 is 4.42 Å². The zero-order chi connectivity index (χ0) is 14.7. The van der Waals surface area contributed by atoms with Crippen LogP contribution in [0.25, 0.3) is 11.0 Å². The third-order valence-electron chi connectivity index (χ3n) is 3.12. The molecule has 0 atom stereocenters. The van der Waals surface area contributed by atoms with Crippen molar-refractivity contribution in [2.24, 2.45) is 0 Å². The van der Waals surface area contributed by atoms with E-state index in [2.05, 4.69) is 0 Å². The van der Waals surface area contributed by atoms with E-state index in [4.69, 9.17) is 16.0 Å². The normalized spacial score (nSPS) is 10.9. The second-order valence-corrected chi connectivity index (χ2v) is 6.11. The number of para-hydroxylation sites is 1. The van der Waals surface area contributed by atoms with Crippen LogP contribution in [0.3, 0.4) is 0 Å². The highest BCUT2D eigenvalue weighted by Crippen LogP contribution is 2.21. The predicted molar refractivity (Wildman–Crippen MR) is 88.2 cm³/mol. The first kappa shape index (κ1) is 14.2. The second-order valence-electron chi connectivity index (χ2n) is 4.69. The molecule has 2 nitrogen and oxygen atoms in total. The van der Waals surface area contributed by atoms with Gasteiger partial charge in [-0.25, -0.2) is 0 Å². The molecule has 1 heterocycles. The molecular weight excluding hydrogens is 304 g/mol. The Hall–Kier alpha value is -1.71. The Balaban J connectivity index is 1.60. The summed E-state index contributed by atoms with van der Waals surface area (Å²) in [5.74, 6) is 1.64. The molecule has 0 saturated carbocycles. The number of fused-ring (bicyclic) bond motifs is 1. The molecule has 3 rings (SSSR count). The van der Waals surface area contributed by atoms with Gasteiger partial charge in [-0.2, -0.15) is 0 Å². The lowest BCUT2D eigenvalue weighted by molar-refractivity contribution is 0.0994. The topological polar surface area (TPSA) is 30.2 Å². The lowest BCUT2D eigenvalue weighted by Gasteiger charge is -2.00. The molecule has 4 heteroatoms. The Morgan fingerprint density at radius 2 is 1.86 bits per heavy atom. The SMILES string of the molecule is O=C(CSCc1ccc(Cl)cc1)c1cc2ccccc2o1. The average molecular weight is 317 g/mol. The molecule has 106 valence electrons. The predicted octanol–water partition coefficient (Wildman–Crippen LogP) is 5.20. The minimum Gasteiger partial charge on any atom is -0.453 e. The molecule has 0 fully saturated rings. The summed E-state index contributed by atoms with van der Waals surface area (Å²) in [5, 5.41) is 1.69. The van der Waals surface area contributed by atoms with Gasteiger partial charge in [0.1, 0.15) is 5.58 Å². The maximum atomic E-state index is 12.1. The third kappa shape index (κ3) is 3.49. The van der Waals surface area contributed by atoms with Crippen LogP contribution in [-0.2, 0) is 5.75 Å². The van der Waals surface area contributed by atoms with Crippen LogP contribution in [0.4, 0.5) is 0 Å². The van der Waals surface area contributed by atoms with Crippen molar-refractivity contribution < 1.29 is 9.21 Å². The summed E-state index contributed by atoms with van der Waals surface area (Å²) in [7, 11) is 0. The van der Waals surface area contributed by atoms with Gasteiger partial charge in [-0.05, 0) is 29.8 Å². The maximum Gasteiger partial charge on any atom is 0.207 e. The summed E-state index contributed by atoms with van der Waals surface area (Å²) < 4.78 is 5.57. The van der Waals surface area contributed by atoms with E-state index in [9.17, 15) is 4.79 Å². The highest BCUT2D eigenvalue weighted by Gasteiger charge is 2.12. The van der Waals surface area contributed by atoms with Crippen LogP contribution in [0.1, 0.15) is 16.1 Å². The highest BCUT2D eigenvalue weighted by atomic mass is 35.5. The minimum atomic E-state index is 0.0187. The smallest absolute Gasteiger partial charge is 0.207 e. The van der Waals surface area contributed by atoms with Crippen molar-refractivity contribution >= 4 is 40.1 Å². The number of carbonyl (C=O) groups excluding carboxylic acids is 1. The molecule has 0 amide bonds. The quantitative estimate of drug-likeness (QED) is 0.606. The van der Waals surface area contributed by atoms with Gasteiger partial charge in [-0.15, -0.1) is 11.8 Å². The monoisotopic (exact) mass is 316 g/mol. The standard InChI is InChI=1S/C17H13ClO2S/c18-14-7-5-12(6-8-14)10-21-11-15(19)17-9-13-3-1-2-4-16(13)20-17/h1-9H,10-11H2. The fourth-order valence-electron chi connectivity index (χ4n) is 2.03. The van der Waals surface area contributed by atoms with Crippen molar-refractivity contribution in [2.75, 3.05) is 5.75 Å². The van der Waals surface area contributed by atoms with Crippen molar-refractivity contribution in [1.82, 2.24) is 0 Å². The molecule has 0 aliphatic rings. The number of rotatable bonds is 5. The zero-order valence-corrected chi connectivity index (χ0v) is 12.8. The molecule has 0 radical (unpaired) electrons. The van der Waals surface area contributed by atoms with Crippen molar-refractivity contribution in [3.63, 3.8) is 0 Å². The Labute approximate surface area is 132 Å². The molecule has 3 aromatic rings. The van der Waals surface area contributed by atoms with Crippen LogP contribution >= 0.6 is 23.4 Å². The first-order valence-corrected chi connectivity index (χ1v) is 8.09. The number of furan rings is 1. The Kier molecular flexibility index (Phi) is 4.32. The van der Waals surface area contributed by atoms with Gasteiger partial charge in [-0.3, -0.25) is 4.79 Å². The molecule has 0 N–H and O–H groups in total. The summed E-state index contributed by atoms with van der Waals surface area (Å²) in [6.07, 6.45) is 0.